The average molecular weight is 259 g/mol. The fraction of sp³-hybridized carbons (Fsp3) is 0.533. The summed E-state index contributed by atoms with van der Waals surface area (Å²) in [6.07, 6.45) is 1.17. The van der Waals surface area contributed by atoms with Crippen LogP contribution in [0.15, 0.2) is 24.3 Å². The van der Waals surface area contributed by atoms with E-state index in [-0.39, 0.29) is 5.91 Å². The largest absolute Gasteiger partial charge is 0.368 e. The molecular weight excluding hydrogens is 238 g/mol. The van der Waals surface area contributed by atoms with Crippen LogP contribution in [0.2, 0.25) is 0 Å². The number of nitrogens with one attached hydrogen (secondary N) is 1. The third-order valence-corrected chi connectivity index (χ3v) is 4.62. The summed E-state index contributed by atoms with van der Waals surface area (Å²) < 4.78 is 0. The lowest BCUT2D eigenvalue weighted by atomic mass is 9.93. The van der Waals surface area contributed by atoms with Gasteiger partial charge in [-0.15, -0.1) is 0 Å². The molecule has 2 heterocycles. The summed E-state index contributed by atoms with van der Waals surface area (Å²) in [6, 6.07) is 8.32. The third-order valence-electron chi connectivity index (χ3n) is 4.62. The van der Waals surface area contributed by atoms with Crippen molar-refractivity contribution in [2.75, 3.05) is 24.5 Å². The summed E-state index contributed by atoms with van der Waals surface area (Å²) in [5.41, 5.74) is 7.08. The van der Waals surface area contributed by atoms with Gasteiger partial charge in [-0.3, -0.25) is 4.79 Å². The van der Waals surface area contributed by atoms with Gasteiger partial charge in [-0.05, 0) is 42.5 Å². The lowest BCUT2D eigenvalue weighted by Crippen LogP contribution is -2.35. The second kappa shape index (κ2) is 4.85. The predicted molar refractivity (Wildman–Crippen MR) is 76.2 cm³/mol. The molecule has 3 rings (SSSR count). The van der Waals surface area contributed by atoms with E-state index in [1.54, 1.807) is 0 Å². The number of hydrogen-bond acceptors (Lipinski definition) is 3. The Morgan fingerprint density at radius 2 is 2.11 bits per heavy atom. The molecule has 4 heteroatoms. The van der Waals surface area contributed by atoms with Crippen LogP contribution in [0.4, 0.5) is 5.69 Å². The molecule has 1 aromatic rings. The van der Waals surface area contributed by atoms with Crippen LogP contribution in [0.3, 0.4) is 0 Å². The topological polar surface area (TPSA) is 58.4 Å². The van der Waals surface area contributed by atoms with E-state index in [0.29, 0.717) is 11.6 Å². The highest BCUT2D eigenvalue weighted by molar-refractivity contribution is 5.93. The molecule has 0 aromatic heterocycles. The van der Waals surface area contributed by atoms with Gasteiger partial charge in [0.2, 0.25) is 5.91 Å². The highest BCUT2D eigenvalue weighted by atomic mass is 16.1. The van der Waals surface area contributed by atoms with Crippen LogP contribution in [0.25, 0.3) is 0 Å². The molecule has 0 saturated carbocycles. The van der Waals surface area contributed by atoms with Gasteiger partial charge in [0.05, 0.1) is 0 Å². The molecule has 2 aliphatic heterocycles. The van der Waals surface area contributed by atoms with Crippen molar-refractivity contribution in [3.63, 3.8) is 0 Å². The summed E-state index contributed by atoms with van der Waals surface area (Å²) in [7, 11) is 0. The molecular formula is C15H21N3O. The maximum absolute atomic E-state index is 11.1. The molecule has 1 aromatic carbocycles. The summed E-state index contributed by atoms with van der Waals surface area (Å²) in [6.45, 7) is 5.65. The number of rotatable bonds is 3. The van der Waals surface area contributed by atoms with Gasteiger partial charge in [0.25, 0.3) is 0 Å². The molecule has 0 bridgehead atoms. The van der Waals surface area contributed by atoms with E-state index < -0.39 is 0 Å². The Hall–Kier alpha value is -1.55. The SMILES string of the molecule is CCC1C2CNCC2CN1c1ccc(C(N)=O)cc1. The van der Waals surface area contributed by atoms with Crippen molar-refractivity contribution in [2.24, 2.45) is 17.6 Å². The van der Waals surface area contributed by atoms with E-state index in [1.807, 2.05) is 24.3 Å². The van der Waals surface area contributed by atoms with Crippen molar-refractivity contribution in [1.29, 1.82) is 0 Å². The fourth-order valence-corrected chi connectivity index (χ4v) is 3.66. The van der Waals surface area contributed by atoms with Crippen molar-refractivity contribution in [3.8, 4) is 0 Å². The molecule has 3 atom stereocenters. The van der Waals surface area contributed by atoms with Crippen molar-refractivity contribution >= 4 is 11.6 Å². The van der Waals surface area contributed by atoms with Crippen LogP contribution in [-0.4, -0.2) is 31.6 Å². The first kappa shape index (κ1) is 12.5. The summed E-state index contributed by atoms with van der Waals surface area (Å²) in [4.78, 5) is 13.6. The monoisotopic (exact) mass is 259 g/mol. The first-order valence-electron chi connectivity index (χ1n) is 7.08. The average Bonchev–Trinajstić information content (AvgIpc) is 2.98. The van der Waals surface area contributed by atoms with E-state index in [0.717, 1.165) is 31.5 Å². The molecule has 4 nitrogen and oxygen atoms in total. The lowest BCUT2D eigenvalue weighted by Gasteiger charge is -2.29. The molecule has 2 saturated heterocycles. The van der Waals surface area contributed by atoms with Crippen LogP contribution < -0.4 is 16.0 Å². The van der Waals surface area contributed by atoms with Gasteiger partial charge in [0.1, 0.15) is 0 Å². The number of fused-ring (bicyclic) bond motifs is 1. The van der Waals surface area contributed by atoms with Gasteiger partial charge < -0.3 is 16.0 Å². The summed E-state index contributed by atoms with van der Waals surface area (Å²) in [5.74, 6) is 1.17. The standard InChI is InChI=1S/C15H21N3O/c1-2-14-13-8-17-7-11(13)9-18(14)12-5-3-10(4-6-12)15(16)19/h3-6,11,13-14,17H,2,7-9H2,1H3,(H2,16,19). The number of primary amides is 1. The highest BCUT2D eigenvalue weighted by Gasteiger charge is 2.43. The maximum Gasteiger partial charge on any atom is 0.248 e. The molecule has 19 heavy (non-hydrogen) atoms. The van der Waals surface area contributed by atoms with E-state index >= 15 is 0 Å². The Morgan fingerprint density at radius 3 is 2.74 bits per heavy atom. The van der Waals surface area contributed by atoms with E-state index in [9.17, 15) is 4.79 Å². The lowest BCUT2D eigenvalue weighted by molar-refractivity contribution is 0.100. The number of hydrogen-bond donors (Lipinski definition) is 2. The Kier molecular flexibility index (Phi) is 3.19. The minimum Gasteiger partial charge on any atom is -0.368 e. The quantitative estimate of drug-likeness (QED) is 0.858. The number of nitrogens with two attached hydrogens (primary N) is 1. The minimum absolute atomic E-state index is 0.360. The Labute approximate surface area is 114 Å². The number of amides is 1. The van der Waals surface area contributed by atoms with Crippen molar-refractivity contribution in [1.82, 2.24) is 5.32 Å². The smallest absolute Gasteiger partial charge is 0.248 e. The summed E-state index contributed by atoms with van der Waals surface area (Å²) in [5, 5.41) is 3.50. The maximum atomic E-state index is 11.1. The Bertz CT molecular complexity index is 471. The second-order valence-corrected chi connectivity index (χ2v) is 5.62. The molecule has 2 aliphatic rings. The second-order valence-electron chi connectivity index (χ2n) is 5.62. The number of nitrogens with zero attached hydrogens (tertiary/aromatic N) is 1. The zero-order valence-electron chi connectivity index (χ0n) is 11.3. The molecule has 3 N–H and O–H groups in total. The van der Waals surface area contributed by atoms with Gasteiger partial charge in [-0.25, -0.2) is 0 Å². The molecule has 0 spiro atoms. The van der Waals surface area contributed by atoms with Gasteiger partial charge in [-0.1, -0.05) is 6.92 Å². The fourth-order valence-electron chi connectivity index (χ4n) is 3.66. The van der Waals surface area contributed by atoms with Crippen LogP contribution in [0.1, 0.15) is 23.7 Å². The normalized spacial score (nSPS) is 29.5. The van der Waals surface area contributed by atoms with Crippen molar-refractivity contribution in [2.45, 2.75) is 19.4 Å². The Morgan fingerprint density at radius 1 is 1.37 bits per heavy atom. The van der Waals surface area contributed by atoms with Crippen molar-refractivity contribution in [3.05, 3.63) is 29.8 Å². The number of anilines is 1. The highest BCUT2D eigenvalue weighted by Crippen LogP contribution is 2.37. The van der Waals surface area contributed by atoms with Crippen LogP contribution in [-0.2, 0) is 0 Å². The predicted octanol–water partition coefficient (Wildman–Crippen LogP) is 1.22. The molecule has 0 aliphatic carbocycles. The zero-order chi connectivity index (χ0) is 13.4. The first-order chi connectivity index (χ1) is 9.20. The van der Waals surface area contributed by atoms with Gasteiger partial charge in [-0.2, -0.15) is 0 Å². The van der Waals surface area contributed by atoms with Gasteiger partial charge >= 0.3 is 0 Å². The van der Waals surface area contributed by atoms with Crippen LogP contribution in [0.5, 0.6) is 0 Å². The van der Waals surface area contributed by atoms with Gasteiger partial charge in [0.15, 0.2) is 0 Å². The molecule has 0 radical (unpaired) electrons. The number of carbonyl (C=O) groups is 1. The Balaban J connectivity index is 1.83. The zero-order valence-corrected chi connectivity index (χ0v) is 11.3. The molecule has 2 fully saturated rings. The molecule has 3 unspecified atom stereocenters. The third kappa shape index (κ3) is 2.10. The first-order valence-corrected chi connectivity index (χ1v) is 7.08. The van der Waals surface area contributed by atoms with E-state index in [4.69, 9.17) is 5.73 Å². The summed E-state index contributed by atoms with van der Waals surface area (Å²) >= 11 is 0. The van der Waals surface area contributed by atoms with E-state index in [2.05, 4.69) is 17.1 Å². The number of benzene rings is 1. The van der Waals surface area contributed by atoms with E-state index in [1.165, 1.54) is 12.1 Å². The van der Waals surface area contributed by atoms with Crippen LogP contribution >= 0.6 is 0 Å². The minimum atomic E-state index is -0.360. The van der Waals surface area contributed by atoms with Crippen molar-refractivity contribution < 1.29 is 4.79 Å². The molecule has 102 valence electrons. The van der Waals surface area contributed by atoms with Crippen LogP contribution in [0, 0.1) is 11.8 Å². The molecule has 1 amide bonds. The number of carbonyl (C=O) groups excluding carboxylic acids is 1. The van der Waals surface area contributed by atoms with Gasteiger partial charge in [0, 0.05) is 36.9 Å².